The number of hydrogen-bond donors (Lipinski definition) is 0. The Bertz CT molecular complexity index is 640. The summed E-state index contributed by atoms with van der Waals surface area (Å²) in [6, 6.07) is 0. The first kappa shape index (κ1) is 23.1. The molecular formula is C25H42NO3S-. The van der Waals surface area contributed by atoms with E-state index in [9.17, 15) is 5.21 Å². The van der Waals surface area contributed by atoms with Crippen LogP contribution in [0.3, 0.4) is 0 Å². The Hall–Kier alpha value is -0.0700. The van der Waals surface area contributed by atoms with E-state index in [0.717, 1.165) is 54.7 Å². The summed E-state index contributed by atoms with van der Waals surface area (Å²) in [6.45, 7) is 10.1. The molecule has 0 aromatic carbocycles. The summed E-state index contributed by atoms with van der Waals surface area (Å²) in [5, 5.41) is 11.0. The fraction of sp³-hybridized carbons (Fsp3) is 0.920. The van der Waals surface area contributed by atoms with Gasteiger partial charge in [-0.3, -0.25) is 0 Å². The summed E-state index contributed by atoms with van der Waals surface area (Å²) in [5.74, 6) is 4.43. The van der Waals surface area contributed by atoms with E-state index in [4.69, 9.17) is 9.22 Å². The van der Waals surface area contributed by atoms with Gasteiger partial charge >= 0.3 is 0 Å². The molecule has 0 heterocycles. The molecule has 4 aliphatic rings. The predicted molar refractivity (Wildman–Crippen MR) is 124 cm³/mol. The zero-order valence-corrected chi connectivity index (χ0v) is 20.5. The molecule has 0 aromatic heterocycles. The molecule has 8 atom stereocenters. The van der Waals surface area contributed by atoms with Crippen molar-refractivity contribution in [2.45, 2.75) is 98.0 Å². The van der Waals surface area contributed by atoms with Gasteiger partial charge in [-0.05, 0) is 98.8 Å². The van der Waals surface area contributed by atoms with Crippen LogP contribution < -0.4 is 0 Å². The van der Waals surface area contributed by atoms with Crippen LogP contribution in [0.2, 0.25) is 0 Å². The standard InChI is InChI=1S/C25H42NO3S/c1-6-7-17(2)21-10-11-22-20-9-8-18-16-19(28-29-30-26(5)27)12-14-24(18,3)23(20)13-15-25(21,22)4/h8,17,19-23H,6-7,9-16H2,1-5H3/q-1/t17-,19?,20?,21?,22?,23?,24?,25?/m1/s1. The maximum Gasteiger partial charge on any atom is 0.107 e. The Morgan fingerprint density at radius 1 is 1.20 bits per heavy atom. The molecule has 0 amide bonds. The molecule has 0 bridgehead atoms. The maximum absolute atomic E-state index is 11.0. The second kappa shape index (κ2) is 9.05. The van der Waals surface area contributed by atoms with Gasteiger partial charge in [0.2, 0.25) is 0 Å². The first-order chi connectivity index (χ1) is 14.3. The van der Waals surface area contributed by atoms with Gasteiger partial charge in [-0.15, -0.1) is 4.33 Å². The molecule has 4 aliphatic carbocycles. The average molecular weight is 437 g/mol. The second-order valence-electron chi connectivity index (χ2n) is 11.3. The normalized spacial score (nSPS) is 44.2. The largest absolute Gasteiger partial charge is 0.774 e. The highest BCUT2D eigenvalue weighted by Gasteiger charge is 2.59. The van der Waals surface area contributed by atoms with Crippen LogP contribution in [0.15, 0.2) is 11.6 Å². The minimum Gasteiger partial charge on any atom is -0.774 e. The van der Waals surface area contributed by atoms with Gasteiger partial charge in [0.05, 0.1) is 6.10 Å². The summed E-state index contributed by atoms with van der Waals surface area (Å²) >= 11 is 0.723. The number of rotatable bonds is 7. The van der Waals surface area contributed by atoms with Crippen molar-refractivity contribution in [2.24, 2.45) is 40.4 Å². The van der Waals surface area contributed by atoms with Crippen LogP contribution in [0, 0.1) is 45.6 Å². The Morgan fingerprint density at radius 3 is 2.73 bits per heavy atom. The van der Waals surface area contributed by atoms with Crippen LogP contribution in [0.5, 0.6) is 0 Å². The third-order valence-electron chi connectivity index (χ3n) is 9.87. The highest BCUT2D eigenvalue weighted by Crippen LogP contribution is 2.67. The van der Waals surface area contributed by atoms with Crippen LogP contribution in [-0.4, -0.2) is 17.6 Å². The Labute approximate surface area is 188 Å². The topological polar surface area (TPSA) is 44.8 Å². The first-order valence-corrected chi connectivity index (χ1v) is 13.1. The van der Waals surface area contributed by atoms with E-state index in [0.29, 0.717) is 15.3 Å². The molecule has 7 unspecified atom stereocenters. The molecule has 3 fully saturated rings. The van der Waals surface area contributed by atoms with Crippen molar-refractivity contribution in [1.29, 1.82) is 0 Å². The van der Waals surface area contributed by atoms with Crippen molar-refractivity contribution < 1.29 is 9.22 Å². The third kappa shape index (κ3) is 4.03. The van der Waals surface area contributed by atoms with E-state index in [1.807, 2.05) is 0 Å². The van der Waals surface area contributed by atoms with E-state index < -0.39 is 0 Å². The zero-order valence-electron chi connectivity index (χ0n) is 19.7. The van der Waals surface area contributed by atoms with E-state index in [1.165, 1.54) is 58.4 Å². The third-order valence-corrected chi connectivity index (χ3v) is 10.2. The van der Waals surface area contributed by atoms with Crippen LogP contribution in [0.1, 0.15) is 91.9 Å². The van der Waals surface area contributed by atoms with Crippen molar-refractivity contribution in [1.82, 2.24) is 4.47 Å². The fourth-order valence-corrected chi connectivity index (χ4v) is 8.69. The van der Waals surface area contributed by atoms with Crippen LogP contribution >= 0.6 is 12.2 Å². The van der Waals surface area contributed by atoms with Crippen molar-refractivity contribution in [3.8, 4) is 0 Å². The first-order valence-electron chi connectivity index (χ1n) is 12.4. The molecule has 4 rings (SSSR count). The van der Waals surface area contributed by atoms with Gasteiger partial charge in [0.15, 0.2) is 0 Å². The SMILES string of the molecule is CCC[C@@H](C)C1CCC2C3CC=C4CC(OOSN(C)[O-])CCC4(C)C3CCC21C. The van der Waals surface area contributed by atoms with Crippen molar-refractivity contribution >= 4 is 12.2 Å². The maximum atomic E-state index is 11.0. The van der Waals surface area contributed by atoms with Crippen molar-refractivity contribution in [3.05, 3.63) is 16.9 Å². The van der Waals surface area contributed by atoms with Crippen LogP contribution in [-0.2, 0) is 9.22 Å². The summed E-state index contributed by atoms with van der Waals surface area (Å²) in [5.41, 5.74) is 2.49. The van der Waals surface area contributed by atoms with Gasteiger partial charge in [-0.2, -0.15) is 0 Å². The molecule has 5 heteroatoms. The highest BCUT2D eigenvalue weighted by molar-refractivity contribution is 7.92. The molecular weight excluding hydrogens is 394 g/mol. The van der Waals surface area contributed by atoms with Crippen LogP contribution in [0.4, 0.5) is 0 Å². The molecule has 4 nitrogen and oxygen atoms in total. The number of fused-ring (bicyclic) bond motifs is 5. The van der Waals surface area contributed by atoms with Gasteiger partial charge < -0.3 is 9.68 Å². The second-order valence-corrected chi connectivity index (χ2v) is 12.1. The fourth-order valence-electron chi connectivity index (χ4n) is 8.46. The van der Waals surface area contributed by atoms with Crippen molar-refractivity contribution in [3.63, 3.8) is 0 Å². The van der Waals surface area contributed by atoms with Gasteiger partial charge in [-0.1, -0.05) is 52.2 Å². The lowest BCUT2D eigenvalue weighted by molar-refractivity contribution is -0.241. The van der Waals surface area contributed by atoms with Gasteiger partial charge in [0, 0.05) is 0 Å². The summed E-state index contributed by atoms with van der Waals surface area (Å²) in [6.07, 6.45) is 15.5. The number of nitrogens with zero attached hydrogens (tertiary/aromatic N) is 1. The Balaban J connectivity index is 1.46. The lowest BCUT2D eigenvalue weighted by Crippen LogP contribution is -2.51. The summed E-state index contributed by atoms with van der Waals surface area (Å²) in [7, 11) is 1.42. The van der Waals surface area contributed by atoms with E-state index in [2.05, 4.69) is 33.8 Å². The zero-order chi connectivity index (χ0) is 21.5. The monoisotopic (exact) mass is 436 g/mol. The summed E-state index contributed by atoms with van der Waals surface area (Å²) < 4.78 is 5.75. The number of allylic oxidation sites excluding steroid dienone is 1. The molecule has 30 heavy (non-hydrogen) atoms. The molecule has 0 aliphatic heterocycles. The van der Waals surface area contributed by atoms with Gasteiger partial charge in [0.1, 0.15) is 12.2 Å². The Kier molecular flexibility index (Phi) is 6.97. The minimum absolute atomic E-state index is 0.0768. The summed E-state index contributed by atoms with van der Waals surface area (Å²) in [4.78, 5) is 5.55. The quantitative estimate of drug-likeness (QED) is 0.138. The molecule has 0 N–H and O–H groups in total. The molecule has 3 saturated carbocycles. The number of hydroxylamine groups is 1. The molecule has 0 radical (unpaired) electrons. The van der Waals surface area contributed by atoms with E-state index in [-0.39, 0.29) is 6.10 Å². The van der Waals surface area contributed by atoms with Gasteiger partial charge in [0.25, 0.3) is 0 Å². The van der Waals surface area contributed by atoms with Crippen molar-refractivity contribution in [2.75, 3.05) is 7.05 Å². The lowest BCUT2D eigenvalue weighted by Gasteiger charge is -2.58. The minimum atomic E-state index is 0.0768. The highest BCUT2D eigenvalue weighted by atomic mass is 32.2. The average Bonchev–Trinajstić information content (AvgIpc) is 3.05. The van der Waals surface area contributed by atoms with Gasteiger partial charge in [-0.25, -0.2) is 4.89 Å². The molecule has 0 aromatic rings. The molecule has 0 spiro atoms. The Morgan fingerprint density at radius 2 is 2.00 bits per heavy atom. The van der Waals surface area contributed by atoms with Crippen LogP contribution in [0.25, 0.3) is 0 Å². The molecule has 172 valence electrons. The van der Waals surface area contributed by atoms with E-state index >= 15 is 0 Å². The molecule has 0 saturated heterocycles. The predicted octanol–water partition coefficient (Wildman–Crippen LogP) is 7.31. The smallest absolute Gasteiger partial charge is 0.107 e. The lowest BCUT2D eigenvalue weighted by atomic mass is 9.47. The van der Waals surface area contributed by atoms with E-state index in [1.54, 1.807) is 5.57 Å². The number of hydrogen-bond acceptors (Lipinski definition) is 5.